The molecule has 0 bridgehead atoms. The van der Waals surface area contributed by atoms with Gasteiger partial charge in [-0.3, -0.25) is 4.98 Å². The molecular weight excluding hydrogens is 290 g/mol. The number of hydrogen-bond acceptors (Lipinski definition) is 3. The zero-order chi connectivity index (χ0) is 12.8. The third-order valence-corrected chi connectivity index (χ3v) is 4.01. The number of likely N-dealkylation sites (tertiary alicyclic amines) is 1. The molecule has 0 aromatic carbocycles. The van der Waals surface area contributed by atoms with Crippen molar-refractivity contribution in [3.63, 3.8) is 0 Å². The molecule has 2 rings (SSSR count). The summed E-state index contributed by atoms with van der Waals surface area (Å²) in [6, 6.07) is 2.11. The van der Waals surface area contributed by atoms with Gasteiger partial charge < -0.3 is 10.2 Å². The second-order valence-corrected chi connectivity index (χ2v) is 6.13. The predicted molar refractivity (Wildman–Crippen MR) is 78.5 cm³/mol. The van der Waals surface area contributed by atoms with Gasteiger partial charge in [0.05, 0.1) is 0 Å². The minimum absolute atomic E-state index is 0.899. The summed E-state index contributed by atoms with van der Waals surface area (Å²) in [7, 11) is 0. The van der Waals surface area contributed by atoms with Gasteiger partial charge in [0.15, 0.2) is 0 Å². The number of piperidine rings is 1. The van der Waals surface area contributed by atoms with Crippen molar-refractivity contribution in [3.05, 3.63) is 28.5 Å². The molecule has 0 spiro atoms. The fourth-order valence-corrected chi connectivity index (χ4v) is 2.72. The van der Waals surface area contributed by atoms with E-state index in [0.29, 0.717) is 0 Å². The van der Waals surface area contributed by atoms with Crippen LogP contribution in [0.4, 0.5) is 0 Å². The predicted octanol–water partition coefficient (Wildman–Crippen LogP) is 2.67. The summed E-state index contributed by atoms with van der Waals surface area (Å²) >= 11 is 3.44. The highest BCUT2D eigenvalue weighted by Gasteiger charge is 2.14. The van der Waals surface area contributed by atoms with Crippen molar-refractivity contribution in [2.24, 2.45) is 5.92 Å². The molecule has 100 valence electrons. The van der Waals surface area contributed by atoms with Crippen LogP contribution in [0.1, 0.15) is 25.3 Å². The fraction of sp³-hybridized carbons (Fsp3) is 0.643. The van der Waals surface area contributed by atoms with Crippen LogP contribution in [0.5, 0.6) is 0 Å². The lowest BCUT2D eigenvalue weighted by molar-refractivity contribution is 0.193. The molecule has 1 aromatic heterocycles. The lowest BCUT2D eigenvalue weighted by Crippen LogP contribution is -2.37. The highest BCUT2D eigenvalue weighted by molar-refractivity contribution is 9.10. The first-order valence-corrected chi connectivity index (χ1v) is 7.56. The highest BCUT2D eigenvalue weighted by atomic mass is 79.9. The van der Waals surface area contributed by atoms with Gasteiger partial charge in [-0.15, -0.1) is 0 Å². The third-order valence-electron chi connectivity index (χ3n) is 3.57. The molecule has 2 heterocycles. The molecule has 0 amide bonds. The van der Waals surface area contributed by atoms with Gasteiger partial charge in [-0.2, -0.15) is 0 Å². The monoisotopic (exact) mass is 311 g/mol. The fourth-order valence-electron chi connectivity index (χ4n) is 2.31. The average Bonchev–Trinajstić information content (AvgIpc) is 2.37. The Labute approximate surface area is 118 Å². The Balaban J connectivity index is 1.61. The van der Waals surface area contributed by atoms with E-state index < -0.39 is 0 Å². The summed E-state index contributed by atoms with van der Waals surface area (Å²) in [6.07, 6.45) is 6.45. The first-order chi connectivity index (χ1) is 8.74. The minimum Gasteiger partial charge on any atom is -0.311 e. The Morgan fingerprint density at radius 3 is 2.89 bits per heavy atom. The number of pyridine rings is 1. The van der Waals surface area contributed by atoms with E-state index in [1.54, 1.807) is 0 Å². The lowest BCUT2D eigenvalue weighted by Gasteiger charge is -2.30. The largest absolute Gasteiger partial charge is 0.311 e. The van der Waals surface area contributed by atoms with Gasteiger partial charge >= 0.3 is 0 Å². The molecule has 1 fully saturated rings. The van der Waals surface area contributed by atoms with Crippen LogP contribution in [0.3, 0.4) is 0 Å². The van der Waals surface area contributed by atoms with E-state index in [-0.39, 0.29) is 0 Å². The number of nitrogens with zero attached hydrogens (tertiary/aromatic N) is 2. The SMILES string of the molecule is CC1CCN(CCNCc2cncc(Br)c2)CC1. The third kappa shape index (κ3) is 4.67. The molecule has 0 radical (unpaired) electrons. The van der Waals surface area contributed by atoms with Crippen LogP contribution in [0.15, 0.2) is 22.9 Å². The van der Waals surface area contributed by atoms with Crippen molar-refractivity contribution in [2.45, 2.75) is 26.3 Å². The molecule has 18 heavy (non-hydrogen) atoms. The number of nitrogens with one attached hydrogen (secondary N) is 1. The Hall–Kier alpha value is -0.450. The molecule has 0 saturated carbocycles. The van der Waals surface area contributed by atoms with E-state index in [0.717, 1.165) is 30.0 Å². The van der Waals surface area contributed by atoms with E-state index in [1.807, 2.05) is 12.4 Å². The van der Waals surface area contributed by atoms with Crippen LogP contribution in [0.25, 0.3) is 0 Å². The van der Waals surface area contributed by atoms with Gasteiger partial charge in [0.2, 0.25) is 0 Å². The Morgan fingerprint density at radius 2 is 2.17 bits per heavy atom. The Bertz CT molecular complexity index is 362. The molecule has 0 atom stereocenters. The van der Waals surface area contributed by atoms with Crippen LogP contribution in [-0.2, 0) is 6.54 Å². The lowest BCUT2D eigenvalue weighted by atomic mass is 9.99. The van der Waals surface area contributed by atoms with E-state index in [2.05, 4.69) is 44.1 Å². The van der Waals surface area contributed by atoms with E-state index in [4.69, 9.17) is 0 Å². The van der Waals surface area contributed by atoms with E-state index in [1.165, 1.54) is 31.5 Å². The van der Waals surface area contributed by atoms with Crippen molar-refractivity contribution < 1.29 is 0 Å². The van der Waals surface area contributed by atoms with Gasteiger partial charge in [0, 0.05) is 36.5 Å². The highest BCUT2D eigenvalue weighted by Crippen LogP contribution is 2.15. The summed E-state index contributed by atoms with van der Waals surface area (Å²) in [5, 5.41) is 3.48. The molecule has 0 aliphatic carbocycles. The zero-order valence-electron chi connectivity index (χ0n) is 11.0. The molecule has 1 aromatic rings. The molecule has 1 aliphatic rings. The molecular formula is C14H22BrN3. The molecule has 1 N–H and O–H groups in total. The maximum atomic E-state index is 4.16. The molecule has 1 saturated heterocycles. The zero-order valence-corrected chi connectivity index (χ0v) is 12.6. The summed E-state index contributed by atoms with van der Waals surface area (Å²) < 4.78 is 1.05. The van der Waals surface area contributed by atoms with Gasteiger partial charge in [0.25, 0.3) is 0 Å². The van der Waals surface area contributed by atoms with Gasteiger partial charge in [-0.05, 0) is 59.4 Å². The van der Waals surface area contributed by atoms with Crippen molar-refractivity contribution in [3.8, 4) is 0 Å². The van der Waals surface area contributed by atoms with Crippen LogP contribution in [-0.4, -0.2) is 36.1 Å². The van der Waals surface area contributed by atoms with Crippen molar-refractivity contribution in [2.75, 3.05) is 26.2 Å². The van der Waals surface area contributed by atoms with Crippen molar-refractivity contribution in [1.29, 1.82) is 0 Å². The first-order valence-electron chi connectivity index (χ1n) is 6.76. The molecule has 0 unspecified atom stereocenters. The Morgan fingerprint density at radius 1 is 1.39 bits per heavy atom. The van der Waals surface area contributed by atoms with Gasteiger partial charge in [-0.25, -0.2) is 0 Å². The maximum Gasteiger partial charge on any atom is 0.0410 e. The van der Waals surface area contributed by atoms with Crippen LogP contribution < -0.4 is 5.32 Å². The van der Waals surface area contributed by atoms with E-state index >= 15 is 0 Å². The van der Waals surface area contributed by atoms with Crippen LogP contribution in [0.2, 0.25) is 0 Å². The quantitative estimate of drug-likeness (QED) is 0.847. The van der Waals surface area contributed by atoms with Gasteiger partial charge in [-0.1, -0.05) is 6.92 Å². The topological polar surface area (TPSA) is 28.2 Å². The summed E-state index contributed by atoms with van der Waals surface area (Å²) in [4.78, 5) is 6.73. The minimum atomic E-state index is 0.899. The van der Waals surface area contributed by atoms with Crippen LogP contribution >= 0.6 is 15.9 Å². The molecule has 3 nitrogen and oxygen atoms in total. The Kier molecular flexibility index (Phi) is 5.60. The normalized spacial score (nSPS) is 18.1. The first kappa shape index (κ1) is 14.0. The summed E-state index contributed by atoms with van der Waals surface area (Å²) in [5.74, 6) is 0.918. The van der Waals surface area contributed by atoms with E-state index in [9.17, 15) is 0 Å². The second-order valence-electron chi connectivity index (χ2n) is 5.21. The number of hydrogen-bond donors (Lipinski definition) is 1. The van der Waals surface area contributed by atoms with Crippen LogP contribution in [0, 0.1) is 5.92 Å². The smallest absolute Gasteiger partial charge is 0.0410 e. The second kappa shape index (κ2) is 7.22. The maximum absolute atomic E-state index is 4.16. The van der Waals surface area contributed by atoms with Crippen molar-refractivity contribution >= 4 is 15.9 Å². The number of halogens is 1. The van der Waals surface area contributed by atoms with Crippen molar-refractivity contribution in [1.82, 2.24) is 15.2 Å². The summed E-state index contributed by atoms with van der Waals surface area (Å²) in [6.45, 7) is 8.00. The average molecular weight is 312 g/mol. The molecule has 1 aliphatic heterocycles. The van der Waals surface area contributed by atoms with Gasteiger partial charge in [0.1, 0.15) is 0 Å². The summed E-state index contributed by atoms with van der Waals surface area (Å²) in [5.41, 5.74) is 1.23. The standard InChI is InChI=1S/C14H22BrN3/c1-12-2-5-18(6-3-12)7-4-16-9-13-8-14(15)11-17-10-13/h8,10-12,16H,2-7,9H2,1H3. The molecule has 4 heteroatoms. The number of aromatic nitrogens is 1. The number of rotatable bonds is 5.